The lowest BCUT2D eigenvalue weighted by atomic mass is 9.83. The summed E-state index contributed by atoms with van der Waals surface area (Å²) in [6.07, 6.45) is 4.50. The highest BCUT2D eigenvalue weighted by molar-refractivity contribution is 9.10. The van der Waals surface area contributed by atoms with E-state index in [9.17, 15) is 38.7 Å². The number of halogens is 1. The molecule has 2 aliphatic heterocycles. The number of benzene rings is 9. The fourth-order valence-electron chi connectivity index (χ4n) is 14.5. The van der Waals surface area contributed by atoms with Gasteiger partial charge in [0.2, 0.25) is 0 Å². The zero-order valence-electron chi connectivity index (χ0n) is 71.2. The number of fused-ring (bicyclic) bond motifs is 5. The summed E-state index contributed by atoms with van der Waals surface area (Å²) in [6.45, 7) is 22.0. The molecule has 0 saturated heterocycles. The Hall–Kier alpha value is -11.4. The average Bonchev–Trinajstić information content (AvgIpc) is 1.74. The van der Waals surface area contributed by atoms with Crippen molar-refractivity contribution in [3.63, 3.8) is 0 Å². The minimum Gasteiger partial charge on any atom is -0.508 e. The van der Waals surface area contributed by atoms with Crippen molar-refractivity contribution in [1.82, 2.24) is 0 Å². The smallest absolute Gasteiger partial charge is 0.169 e. The van der Waals surface area contributed by atoms with E-state index in [2.05, 4.69) is 147 Å². The molecule has 1 N–H and O–H groups in total. The van der Waals surface area contributed by atoms with Crippen LogP contribution < -0.4 is 18.9 Å². The number of Topliss-reactive ketones (excluding diaryl/α,β-unsaturated/α-hetero) is 7. The van der Waals surface area contributed by atoms with Gasteiger partial charge in [-0.1, -0.05) is 132 Å². The van der Waals surface area contributed by atoms with Crippen molar-refractivity contribution in [2.75, 3.05) is 26.4 Å². The monoisotopic (exact) mass is 1850 g/mol. The van der Waals surface area contributed by atoms with Gasteiger partial charge in [0.05, 0.1) is 34.1 Å². The van der Waals surface area contributed by atoms with Gasteiger partial charge in [-0.15, -0.1) is 79.4 Å². The molecule has 1 unspecified atom stereocenters. The molecular formula is C105H93BrO12S7. The van der Waals surface area contributed by atoms with Gasteiger partial charge < -0.3 is 24.1 Å². The van der Waals surface area contributed by atoms with Gasteiger partial charge in [0.25, 0.3) is 0 Å². The van der Waals surface area contributed by atoms with Crippen LogP contribution in [-0.2, 0) is 19.3 Å². The molecule has 0 spiro atoms. The van der Waals surface area contributed by atoms with Crippen LogP contribution in [0.4, 0.5) is 0 Å². The van der Waals surface area contributed by atoms with Gasteiger partial charge in [0.15, 0.2) is 63.5 Å². The first-order valence-electron chi connectivity index (χ1n) is 40.9. The van der Waals surface area contributed by atoms with Crippen molar-refractivity contribution in [2.24, 2.45) is 0 Å². The number of aromatic hydroxyl groups is 1. The zero-order valence-corrected chi connectivity index (χ0v) is 78.5. The van der Waals surface area contributed by atoms with E-state index in [4.69, 9.17) is 18.9 Å². The first-order valence-corrected chi connectivity index (χ1v) is 47.4. The fourth-order valence-corrected chi connectivity index (χ4v) is 21.6. The average molecular weight is 1850 g/mol. The highest BCUT2D eigenvalue weighted by Crippen LogP contribution is 2.45. The largest absolute Gasteiger partial charge is 0.508 e. The van der Waals surface area contributed by atoms with E-state index < -0.39 is 0 Å². The molecule has 19 rings (SSSR count). The Kier molecular flexibility index (Phi) is 31.0. The van der Waals surface area contributed by atoms with Crippen LogP contribution in [0.5, 0.6) is 28.7 Å². The topological polar surface area (TPSA) is 177 Å². The minimum atomic E-state index is 0.0909. The fraction of sp³-hybridized carbons (Fsp3) is 0.190. The van der Waals surface area contributed by atoms with Gasteiger partial charge in [-0.25, -0.2) is 0 Å². The van der Waals surface area contributed by atoms with Crippen molar-refractivity contribution in [2.45, 2.75) is 108 Å². The van der Waals surface area contributed by atoms with E-state index in [1.165, 1.54) is 111 Å². The summed E-state index contributed by atoms with van der Waals surface area (Å²) in [6, 6.07) is 84.5. The van der Waals surface area contributed by atoms with Gasteiger partial charge in [-0.2, -0.15) is 0 Å². The van der Waals surface area contributed by atoms with Crippen LogP contribution in [0.3, 0.4) is 0 Å². The van der Waals surface area contributed by atoms with Crippen molar-refractivity contribution >= 4 is 157 Å². The second kappa shape index (κ2) is 42.5. The molecule has 20 heteroatoms. The Bertz CT molecular complexity index is 6630. The first-order chi connectivity index (χ1) is 60.2. The highest BCUT2D eigenvalue weighted by Gasteiger charge is 2.24. The van der Waals surface area contributed by atoms with E-state index in [0.717, 1.165) is 133 Å². The van der Waals surface area contributed by atoms with E-state index in [-0.39, 0.29) is 46.2 Å². The normalized spacial score (nSPS) is 12.6. The molecule has 0 saturated carbocycles. The molecule has 0 amide bonds. The molecular weight excluding hydrogens is 1760 g/mol. The molecule has 1 atom stereocenters. The Morgan fingerprint density at radius 2 is 0.784 bits per heavy atom. The highest BCUT2D eigenvalue weighted by atomic mass is 79.9. The number of hydrogen-bond donors (Lipinski definition) is 1. The van der Waals surface area contributed by atoms with Gasteiger partial charge >= 0.3 is 0 Å². The third-order valence-electron chi connectivity index (χ3n) is 21.1. The minimum absolute atomic E-state index is 0.0909. The lowest BCUT2D eigenvalue weighted by Crippen LogP contribution is -2.15. The van der Waals surface area contributed by atoms with Crippen molar-refractivity contribution in [3.05, 3.63) is 332 Å². The molecule has 1 aliphatic carbocycles. The third-order valence-corrected chi connectivity index (χ3v) is 30.6. The summed E-state index contributed by atoms with van der Waals surface area (Å²) >= 11 is 14.4. The summed E-state index contributed by atoms with van der Waals surface area (Å²) in [4.78, 5) is 93.0. The number of carbonyl (C=O) groups is 7. The van der Waals surface area contributed by atoms with Crippen molar-refractivity contribution in [1.29, 1.82) is 0 Å². The van der Waals surface area contributed by atoms with Crippen LogP contribution in [0, 0.1) is 20.8 Å². The van der Waals surface area contributed by atoms with Gasteiger partial charge in [0, 0.05) is 44.2 Å². The molecule has 0 fully saturated rings. The summed E-state index contributed by atoms with van der Waals surface area (Å²) in [5, 5.41) is 14.0. The molecule has 0 radical (unpaired) electrons. The number of carbonyl (C=O) groups excluding carboxylic acids is 7. The Labute approximate surface area is 765 Å². The second-order valence-electron chi connectivity index (χ2n) is 30.1. The summed E-state index contributed by atoms with van der Waals surface area (Å²) < 4.78 is 23.4. The maximum Gasteiger partial charge on any atom is 0.169 e. The number of phenols is 1. The van der Waals surface area contributed by atoms with Crippen LogP contribution in [0.2, 0.25) is 0 Å². The van der Waals surface area contributed by atoms with Crippen LogP contribution in [0.15, 0.2) is 259 Å². The molecule has 0 bridgehead atoms. The molecule has 12 nitrogen and oxygen atoms in total. The number of ether oxygens (including phenoxy) is 4. The molecule has 634 valence electrons. The molecule has 3 aliphatic rings. The van der Waals surface area contributed by atoms with E-state index in [1.807, 2.05) is 140 Å². The SMILES string of the molecule is CC(=O)c1ccc(-c2c(C)ccc(Br)c2C)s1.CC(=O)c1ccc(-c2ccc3c(c2)OCCO3)s1.CC(=O)c1ccc(-c2ccc3cc(O)ccc3c2)s1.CC(=O)c1ccc(-c2ccc3ccccc3c2)s1.CC(=O)c1ccc(-c2cccc3c2OCCO3)s1.CC(=O)c1ccc(C2CCc3ccccc3C2)s1.CCc1cccc(C)c1-c1ccc(C(C)=O)s1. The quantitative estimate of drug-likeness (QED) is 0.0963. The zero-order chi connectivity index (χ0) is 88.5. The lowest BCUT2D eigenvalue weighted by Gasteiger charge is -2.23. The van der Waals surface area contributed by atoms with Gasteiger partial charge in [0.1, 0.15) is 32.2 Å². The van der Waals surface area contributed by atoms with Crippen molar-refractivity contribution < 1.29 is 57.6 Å². The summed E-state index contributed by atoms with van der Waals surface area (Å²) in [7, 11) is 0. The predicted octanol–water partition coefficient (Wildman–Crippen LogP) is 29.7. The van der Waals surface area contributed by atoms with E-state index in [1.54, 1.807) is 106 Å². The van der Waals surface area contributed by atoms with Crippen LogP contribution in [-0.4, -0.2) is 72.0 Å². The third kappa shape index (κ3) is 23.2. The van der Waals surface area contributed by atoms with Gasteiger partial charge in [-0.3, -0.25) is 33.6 Å². The first kappa shape index (κ1) is 91.3. The van der Waals surface area contributed by atoms with Crippen LogP contribution in [0.1, 0.15) is 174 Å². The van der Waals surface area contributed by atoms with E-state index in [0.29, 0.717) is 32.3 Å². The molecule has 125 heavy (non-hydrogen) atoms. The molecule has 16 aromatic rings. The number of phenolic OH excluding ortho intramolecular Hbond substituents is 1. The summed E-state index contributed by atoms with van der Waals surface area (Å²) in [5.74, 6) is 4.86. The maximum absolute atomic E-state index is 11.4. The number of rotatable bonds is 15. The second-order valence-corrected chi connectivity index (χ2v) is 38.6. The standard InChI is InChI=1S/C16H12O2S.C16H16OS.C16H12OS.C15H16OS.C14H13BrOS.2C14H12O3S/c1-10(17)15-6-7-16(19-15)13-3-2-12-9-14(18)5-4-11(12)8-13;2*1-11(17)15-8-9-16(18-15)14-7-6-12-4-2-3-5-13(12)10-14;1-4-12-7-5-6-10(2)15(12)14-9-8-13(17-14)11(3)16;1-8-4-5-11(15)9(2)14(8)13-7-6-12(17-13)10(3)16;1-9(15)13-4-5-14(18-13)10-2-3-11-12(8-10)17-7-6-16-11;1-9(15)12-5-6-13(18-12)10-3-2-4-11-14(10)17-8-7-16-11/h2-9,18H,1H3;2-5,8-9,14H,6-7,10H2,1H3;2-10H,1H3;5-9H,4H2,1-3H3;4-7H,1-3H3;2-5,8H,6-7H2,1H3;2-6H,7-8H2,1H3. The number of para-hydroxylation sites is 1. The number of aryl methyl sites for hydroxylation is 4. The summed E-state index contributed by atoms with van der Waals surface area (Å²) in [5.41, 5.74) is 14.9. The molecule has 9 heterocycles. The number of thiophene rings is 7. The lowest BCUT2D eigenvalue weighted by molar-refractivity contribution is 0.101. The Balaban J connectivity index is 0.000000125. The van der Waals surface area contributed by atoms with Crippen molar-refractivity contribution in [3.8, 4) is 91.4 Å². The van der Waals surface area contributed by atoms with Crippen LogP contribution in [0.25, 0.3) is 84.2 Å². The van der Waals surface area contributed by atoms with Crippen LogP contribution >= 0.6 is 95.3 Å². The van der Waals surface area contributed by atoms with Gasteiger partial charge in [-0.05, 0) is 329 Å². The Morgan fingerprint density at radius 1 is 0.360 bits per heavy atom. The van der Waals surface area contributed by atoms with E-state index >= 15 is 0 Å². The predicted molar refractivity (Wildman–Crippen MR) is 524 cm³/mol. The molecule has 7 aromatic heterocycles. The number of hydrogen-bond acceptors (Lipinski definition) is 19. The number of ketones is 7. The maximum atomic E-state index is 11.4. The molecule has 9 aromatic carbocycles. The Morgan fingerprint density at radius 3 is 1.34 bits per heavy atom.